The molecule has 4 aliphatic rings. The molecule has 1 saturated heterocycles. The molecule has 9 heteroatoms. The summed E-state index contributed by atoms with van der Waals surface area (Å²) in [6.07, 6.45) is 11.2. The van der Waals surface area contributed by atoms with Crippen LogP contribution < -0.4 is 16.0 Å². The first-order valence-electron chi connectivity index (χ1n) is 15.7. The standard InChI is InChI=1S/C33H45N5O4/c1-31(13-5-14-31)20-34-30(41)33(17-19-42-21-33)23-8-10-24(11-9-23)36-29(40)27(37-28(39)25-12-18-35-38(25)3)26(22-6-4-7-22)32(2)15-16-32/h8-12,18,22,26-27H,4-7,13-17,19-21H2,1-3H3,(H,34,41)(H,36,40)(H,37,39)/t26?,27-,33?/m0/s1. The largest absolute Gasteiger partial charge is 0.380 e. The van der Waals surface area contributed by atoms with Gasteiger partial charge in [-0.05, 0) is 78.5 Å². The molecule has 42 heavy (non-hydrogen) atoms. The fraction of sp³-hybridized carbons (Fsp3) is 0.636. The smallest absolute Gasteiger partial charge is 0.270 e. The maximum absolute atomic E-state index is 14.0. The van der Waals surface area contributed by atoms with Gasteiger partial charge < -0.3 is 20.7 Å². The van der Waals surface area contributed by atoms with Crippen molar-refractivity contribution in [1.82, 2.24) is 20.4 Å². The predicted molar refractivity (Wildman–Crippen MR) is 160 cm³/mol. The zero-order chi connectivity index (χ0) is 29.5. The van der Waals surface area contributed by atoms with E-state index in [-0.39, 0.29) is 34.5 Å². The zero-order valence-corrected chi connectivity index (χ0v) is 25.2. The third kappa shape index (κ3) is 5.48. The summed E-state index contributed by atoms with van der Waals surface area (Å²) >= 11 is 0. The van der Waals surface area contributed by atoms with E-state index in [4.69, 9.17) is 4.74 Å². The second-order valence-corrected chi connectivity index (χ2v) is 14.0. The topological polar surface area (TPSA) is 114 Å². The van der Waals surface area contributed by atoms with E-state index in [1.54, 1.807) is 19.3 Å². The molecule has 3 N–H and O–H groups in total. The Kier molecular flexibility index (Phi) is 7.66. The number of nitrogens with one attached hydrogen (secondary N) is 3. The van der Waals surface area contributed by atoms with Crippen molar-refractivity contribution >= 4 is 23.4 Å². The van der Waals surface area contributed by atoms with Crippen molar-refractivity contribution < 1.29 is 19.1 Å². The number of aromatic nitrogens is 2. The highest BCUT2D eigenvalue weighted by Crippen LogP contribution is 2.58. The van der Waals surface area contributed by atoms with Gasteiger partial charge in [-0.25, -0.2) is 0 Å². The van der Waals surface area contributed by atoms with Crippen LogP contribution in [0.1, 0.15) is 87.7 Å². The van der Waals surface area contributed by atoms with Crippen LogP contribution in [-0.2, 0) is 26.8 Å². The fourth-order valence-electron chi connectivity index (χ4n) is 7.32. The second-order valence-electron chi connectivity index (χ2n) is 14.0. The summed E-state index contributed by atoms with van der Waals surface area (Å²) in [5.41, 5.74) is 1.50. The Hall–Kier alpha value is -3.20. The average Bonchev–Trinajstić information content (AvgIpc) is 3.29. The van der Waals surface area contributed by atoms with Gasteiger partial charge in [-0.15, -0.1) is 0 Å². The summed E-state index contributed by atoms with van der Waals surface area (Å²) < 4.78 is 7.27. The first-order valence-corrected chi connectivity index (χ1v) is 15.7. The monoisotopic (exact) mass is 575 g/mol. The minimum atomic E-state index is -0.724. The van der Waals surface area contributed by atoms with E-state index in [1.165, 1.54) is 17.5 Å². The van der Waals surface area contributed by atoms with Crippen LogP contribution in [0.5, 0.6) is 0 Å². The molecular weight excluding hydrogens is 530 g/mol. The summed E-state index contributed by atoms with van der Waals surface area (Å²) in [4.78, 5) is 40.8. The SMILES string of the molecule is Cn1nccc1C(=O)N[C@H](C(=O)Nc1ccc(C2(C(=O)NCC3(C)CCC3)CCOC2)cc1)C(C1CCC1)C1(C)CC1. The highest BCUT2D eigenvalue weighted by atomic mass is 16.5. The molecule has 6 rings (SSSR count). The zero-order valence-electron chi connectivity index (χ0n) is 25.2. The highest BCUT2D eigenvalue weighted by molar-refractivity contribution is 6.01. The second kappa shape index (κ2) is 11.1. The van der Waals surface area contributed by atoms with E-state index < -0.39 is 11.5 Å². The Morgan fingerprint density at radius 1 is 1.02 bits per heavy atom. The summed E-state index contributed by atoms with van der Waals surface area (Å²) in [7, 11) is 1.73. The van der Waals surface area contributed by atoms with Crippen molar-refractivity contribution in [3.63, 3.8) is 0 Å². The number of ether oxygens (including phenoxy) is 1. The van der Waals surface area contributed by atoms with Gasteiger partial charge in [0.15, 0.2) is 0 Å². The number of rotatable bonds is 11. The number of amides is 3. The number of carbonyl (C=O) groups is 3. The van der Waals surface area contributed by atoms with Gasteiger partial charge in [0, 0.05) is 32.1 Å². The first kappa shape index (κ1) is 28.9. The van der Waals surface area contributed by atoms with Crippen LogP contribution in [0.15, 0.2) is 36.5 Å². The molecule has 0 bridgehead atoms. The molecule has 4 fully saturated rings. The minimum Gasteiger partial charge on any atom is -0.380 e. The van der Waals surface area contributed by atoms with Crippen molar-refractivity contribution in [1.29, 1.82) is 0 Å². The van der Waals surface area contributed by atoms with Crippen molar-refractivity contribution in [2.75, 3.05) is 25.1 Å². The average molecular weight is 576 g/mol. The van der Waals surface area contributed by atoms with Gasteiger partial charge in [0.1, 0.15) is 11.7 Å². The summed E-state index contributed by atoms with van der Waals surface area (Å²) in [6.45, 7) is 6.07. The van der Waals surface area contributed by atoms with Gasteiger partial charge in [0.05, 0.1) is 12.0 Å². The van der Waals surface area contributed by atoms with Crippen LogP contribution in [0.2, 0.25) is 0 Å². The number of nitrogens with zero attached hydrogens (tertiary/aromatic N) is 2. The van der Waals surface area contributed by atoms with Gasteiger partial charge >= 0.3 is 0 Å². The Morgan fingerprint density at radius 3 is 2.29 bits per heavy atom. The molecule has 1 aromatic carbocycles. The first-order chi connectivity index (χ1) is 20.1. The molecule has 3 saturated carbocycles. The van der Waals surface area contributed by atoms with Crippen molar-refractivity contribution in [2.45, 2.75) is 83.1 Å². The molecule has 1 aromatic heterocycles. The van der Waals surface area contributed by atoms with Crippen LogP contribution >= 0.6 is 0 Å². The van der Waals surface area contributed by atoms with E-state index in [0.717, 1.165) is 44.1 Å². The third-order valence-electron chi connectivity index (χ3n) is 10.9. The van der Waals surface area contributed by atoms with Gasteiger partial charge in [0.2, 0.25) is 11.8 Å². The maximum atomic E-state index is 14.0. The Balaban J connectivity index is 1.19. The maximum Gasteiger partial charge on any atom is 0.270 e. The van der Waals surface area contributed by atoms with Crippen molar-refractivity contribution in [3.8, 4) is 0 Å². The molecule has 2 heterocycles. The van der Waals surface area contributed by atoms with E-state index >= 15 is 0 Å². The third-order valence-corrected chi connectivity index (χ3v) is 10.9. The summed E-state index contributed by atoms with van der Waals surface area (Å²) in [5.74, 6) is 0.0230. The molecule has 2 unspecified atom stereocenters. The summed E-state index contributed by atoms with van der Waals surface area (Å²) in [5, 5.41) is 13.6. The molecule has 2 aromatic rings. The number of anilines is 1. The van der Waals surface area contributed by atoms with E-state index in [0.29, 0.717) is 43.5 Å². The van der Waals surface area contributed by atoms with Crippen molar-refractivity contribution in [2.24, 2.45) is 29.7 Å². The molecule has 0 spiro atoms. The predicted octanol–water partition coefficient (Wildman–Crippen LogP) is 4.34. The molecule has 3 amide bonds. The van der Waals surface area contributed by atoms with Gasteiger partial charge in [0.25, 0.3) is 5.91 Å². The van der Waals surface area contributed by atoms with Crippen molar-refractivity contribution in [3.05, 3.63) is 47.8 Å². The molecule has 3 aliphatic carbocycles. The number of aryl methyl sites for hydroxylation is 1. The number of hydrogen-bond acceptors (Lipinski definition) is 5. The fourth-order valence-corrected chi connectivity index (χ4v) is 7.32. The minimum absolute atomic E-state index is 0.0175. The van der Waals surface area contributed by atoms with E-state index in [9.17, 15) is 14.4 Å². The van der Waals surface area contributed by atoms with Crippen LogP contribution in [0.3, 0.4) is 0 Å². The van der Waals surface area contributed by atoms with E-state index in [1.807, 2.05) is 24.3 Å². The lowest BCUT2D eigenvalue weighted by atomic mass is 9.66. The van der Waals surface area contributed by atoms with E-state index in [2.05, 4.69) is 34.9 Å². The molecular formula is C33H45N5O4. The van der Waals surface area contributed by atoms with Crippen LogP contribution in [0.25, 0.3) is 0 Å². The molecule has 0 radical (unpaired) electrons. The highest BCUT2D eigenvalue weighted by Gasteiger charge is 2.54. The van der Waals surface area contributed by atoms with Crippen LogP contribution in [0.4, 0.5) is 5.69 Å². The van der Waals surface area contributed by atoms with Crippen LogP contribution in [-0.4, -0.2) is 53.3 Å². The Morgan fingerprint density at radius 2 is 1.76 bits per heavy atom. The molecule has 3 atom stereocenters. The number of benzene rings is 1. The lowest BCUT2D eigenvalue weighted by Gasteiger charge is -2.42. The Bertz CT molecular complexity index is 1320. The normalized spacial score (nSPS) is 25.4. The Labute approximate surface area is 248 Å². The molecule has 226 valence electrons. The lowest BCUT2D eigenvalue weighted by Crippen LogP contribution is -2.54. The molecule has 1 aliphatic heterocycles. The van der Waals surface area contributed by atoms with Gasteiger partial charge in [-0.1, -0.05) is 51.7 Å². The van der Waals surface area contributed by atoms with Crippen LogP contribution in [0, 0.1) is 22.7 Å². The van der Waals surface area contributed by atoms with Gasteiger partial charge in [-0.3, -0.25) is 19.1 Å². The molecule has 9 nitrogen and oxygen atoms in total. The number of carbonyl (C=O) groups excluding carboxylic acids is 3. The summed E-state index contributed by atoms with van der Waals surface area (Å²) in [6, 6.07) is 8.62. The lowest BCUT2D eigenvalue weighted by molar-refractivity contribution is -0.127. The van der Waals surface area contributed by atoms with Gasteiger partial charge in [-0.2, -0.15) is 5.10 Å². The number of hydrogen-bond donors (Lipinski definition) is 3. The quantitative estimate of drug-likeness (QED) is 0.369.